The van der Waals surface area contributed by atoms with Gasteiger partial charge < -0.3 is 8.83 Å². The molecule has 0 amide bonds. The van der Waals surface area contributed by atoms with Gasteiger partial charge in [-0.2, -0.15) is 0 Å². The molecule has 2 heterocycles. The molecule has 0 radical (unpaired) electrons. The summed E-state index contributed by atoms with van der Waals surface area (Å²) >= 11 is 0. The molecule has 0 saturated heterocycles. The molecule has 4 heteroatoms. The highest BCUT2D eigenvalue weighted by molar-refractivity contribution is 5.58. The van der Waals surface area contributed by atoms with Crippen LogP contribution in [0.15, 0.2) is 42.7 Å². The quantitative estimate of drug-likeness (QED) is 0.834. The Bertz CT molecular complexity index is 604. The summed E-state index contributed by atoms with van der Waals surface area (Å²) in [7, 11) is 0. The molecule has 2 rings (SSSR count). The van der Waals surface area contributed by atoms with E-state index in [2.05, 4.69) is 0 Å². The first-order chi connectivity index (χ1) is 8.65. The molecule has 0 spiro atoms. The minimum atomic E-state index is -0.448. The van der Waals surface area contributed by atoms with E-state index in [1.165, 1.54) is 12.1 Å². The molecule has 2 aromatic rings. The molecule has 0 saturated carbocycles. The highest BCUT2D eigenvalue weighted by atomic mass is 16.4. The molecule has 0 N–H and O–H groups in total. The fourth-order valence-electron chi connectivity index (χ4n) is 1.83. The average Bonchev–Trinajstić information content (AvgIpc) is 2.38. The molecule has 0 aliphatic heterocycles. The Kier molecular flexibility index (Phi) is 3.46. The third kappa shape index (κ3) is 2.27. The number of rotatable bonds is 3. The predicted octanol–water partition coefficient (Wildman–Crippen LogP) is 2.38. The second kappa shape index (κ2) is 5.04. The number of aryl methyl sites for hydroxylation is 2. The van der Waals surface area contributed by atoms with Crippen LogP contribution in [0.1, 0.15) is 25.0 Å². The van der Waals surface area contributed by atoms with Crippen LogP contribution in [0.5, 0.6) is 0 Å². The van der Waals surface area contributed by atoms with Crippen molar-refractivity contribution in [2.45, 2.75) is 26.7 Å². The molecule has 0 atom stereocenters. The van der Waals surface area contributed by atoms with Crippen LogP contribution in [0.4, 0.5) is 0 Å². The van der Waals surface area contributed by atoms with Gasteiger partial charge in [-0.25, -0.2) is 9.59 Å². The van der Waals surface area contributed by atoms with E-state index in [0.717, 1.165) is 11.1 Å². The van der Waals surface area contributed by atoms with Crippen molar-refractivity contribution >= 4 is 0 Å². The van der Waals surface area contributed by atoms with E-state index in [1.807, 2.05) is 13.8 Å². The molecule has 0 aliphatic rings. The normalized spacial score (nSPS) is 10.6. The Hall–Kier alpha value is -2.10. The summed E-state index contributed by atoms with van der Waals surface area (Å²) in [5, 5.41) is 0. The first-order valence-electron chi connectivity index (χ1n) is 5.92. The van der Waals surface area contributed by atoms with Gasteiger partial charge in [-0.3, -0.25) is 0 Å². The zero-order valence-electron chi connectivity index (χ0n) is 10.4. The van der Waals surface area contributed by atoms with Gasteiger partial charge in [0.2, 0.25) is 0 Å². The highest BCUT2D eigenvalue weighted by Crippen LogP contribution is 2.25. The molecule has 94 valence electrons. The van der Waals surface area contributed by atoms with E-state index in [9.17, 15) is 9.59 Å². The van der Waals surface area contributed by atoms with Crippen molar-refractivity contribution in [1.29, 1.82) is 0 Å². The van der Waals surface area contributed by atoms with Crippen molar-refractivity contribution in [3.63, 3.8) is 0 Å². The van der Waals surface area contributed by atoms with Gasteiger partial charge in [-0.1, -0.05) is 13.8 Å². The monoisotopic (exact) mass is 246 g/mol. The summed E-state index contributed by atoms with van der Waals surface area (Å²) in [6.07, 6.45) is 1.39. The third-order valence-corrected chi connectivity index (χ3v) is 2.80. The first kappa shape index (κ1) is 12.4. The van der Waals surface area contributed by atoms with Gasteiger partial charge in [0.15, 0.2) is 11.5 Å². The van der Waals surface area contributed by atoms with E-state index in [1.54, 1.807) is 12.1 Å². The summed E-state index contributed by atoms with van der Waals surface area (Å²) in [4.78, 5) is 22.7. The van der Waals surface area contributed by atoms with Gasteiger partial charge >= 0.3 is 11.3 Å². The maximum absolute atomic E-state index is 11.3. The van der Waals surface area contributed by atoms with Gasteiger partial charge in [-0.05, 0) is 36.1 Å². The lowest BCUT2D eigenvalue weighted by molar-refractivity contribution is 0.462. The van der Waals surface area contributed by atoms with Crippen LogP contribution >= 0.6 is 0 Å². The fraction of sp³-hybridized carbons (Fsp3) is 0.286. The van der Waals surface area contributed by atoms with E-state index in [-0.39, 0.29) is 0 Å². The molecular formula is C14H14O4. The predicted molar refractivity (Wildman–Crippen MR) is 67.7 cm³/mol. The Morgan fingerprint density at radius 2 is 1.17 bits per heavy atom. The SMILES string of the molecule is CCc1ccc(=O)oc1-c1oc(=O)ccc1CC. The Morgan fingerprint density at radius 3 is 1.50 bits per heavy atom. The van der Waals surface area contributed by atoms with Gasteiger partial charge in [0.05, 0.1) is 0 Å². The average molecular weight is 246 g/mol. The van der Waals surface area contributed by atoms with Crippen molar-refractivity contribution in [3.8, 4) is 11.5 Å². The van der Waals surface area contributed by atoms with Gasteiger partial charge in [0, 0.05) is 12.1 Å². The molecule has 0 aromatic carbocycles. The lowest BCUT2D eigenvalue weighted by Crippen LogP contribution is -2.05. The Labute approximate surface area is 104 Å². The van der Waals surface area contributed by atoms with Crippen molar-refractivity contribution in [2.24, 2.45) is 0 Å². The summed E-state index contributed by atoms with van der Waals surface area (Å²) in [6, 6.07) is 6.14. The lowest BCUT2D eigenvalue weighted by Gasteiger charge is -2.07. The zero-order chi connectivity index (χ0) is 13.1. The van der Waals surface area contributed by atoms with E-state index in [0.29, 0.717) is 24.4 Å². The van der Waals surface area contributed by atoms with Crippen LogP contribution in [-0.2, 0) is 12.8 Å². The highest BCUT2D eigenvalue weighted by Gasteiger charge is 2.14. The van der Waals surface area contributed by atoms with Crippen molar-refractivity contribution in [2.75, 3.05) is 0 Å². The van der Waals surface area contributed by atoms with E-state index < -0.39 is 11.3 Å². The van der Waals surface area contributed by atoms with Crippen molar-refractivity contribution in [1.82, 2.24) is 0 Å². The zero-order valence-corrected chi connectivity index (χ0v) is 10.4. The maximum Gasteiger partial charge on any atom is 0.336 e. The van der Waals surface area contributed by atoms with Crippen LogP contribution in [-0.4, -0.2) is 0 Å². The van der Waals surface area contributed by atoms with Crippen molar-refractivity contribution < 1.29 is 8.83 Å². The van der Waals surface area contributed by atoms with E-state index >= 15 is 0 Å². The van der Waals surface area contributed by atoms with Gasteiger partial charge in [-0.15, -0.1) is 0 Å². The minimum absolute atomic E-state index is 0.361. The largest absolute Gasteiger partial charge is 0.419 e. The number of hydrogen-bond acceptors (Lipinski definition) is 4. The Morgan fingerprint density at radius 1 is 0.778 bits per heavy atom. The standard InChI is InChI=1S/C14H14O4/c1-3-9-5-7-11(15)17-13(9)14-10(4-2)6-8-12(16)18-14/h5-8H,3-4H2,1-2H3. The smallest absolute Gasteiger partial charge is 0.336 e. The number of hydrogen-bond donors (Lipinski definition) is 0. The second-order valence-electron chi connectivity index (χ2n) is 3.92. The van der Waals surface area contributed by atoms with Crippen LogP contribution in [0, 0.1) is 0 Å². The second-order valence-corrected chi connectivity index (χ2v) is 3.92. The van der Waals surface area contributed by atoms with Crippen LogP contribution in [0.2, 0.25) is 0 Å². The molecule has 0 aliphatic carbocycles. The van der Waals surface area contributed by atoms with E-state index in [4.69, 9.17) is 8.83 Å². The lowest BCUT2D eigenvalue weighted by atomic mass is 10.1. The topological polar surface area (TPSA) is 60.4 Å². The summed E-state index contributed by atoms with van der Waals surface area (Å²) in [5.74, 6) is 0.721. The minimum Gasteiger partial charge on any atom is -0.419 e. The Balaban J connectivity index is 2.75. The third-order valence-electron chi connectivity index (χ3n) is 2.80. The van der Waals surface area contributed by atoms with Crippen LogP contribution in [0.25, 0.3) is 11.5 Å². The molecular weight excluding hydrogens is 232 g/mol. The summed E-state index contributed by atoms with van der Waals surface area (Å²) in [6.45, 7) is 3.90. The van der Waals surface area contributed by atoms with Gasteiger partial charge in [0.1, 0.15) is 0 Å². The maximum atomic E-state index is 11.3. The molecule has 0 fully saturated rings. The summed E-state index contributed by atoms with van der Waals surface area (Å²) < 4.78 is 10.4. The molecule has 2 aromatic heterocycles. The van der Waals surface area contributed by atoms with Gasteiger partial charge in [0.25, 0.3) is 0 Å². The van der Waals surface area contributed by atoms with Crippen molar-refractivity contribution in [3.05, 3.63) is 56.2 Å². The first-order valence-corrected chi connectivity index (χ1v) is 5.92. The molecule has 4 nitrogen and oxygen atoms in total. The van der Waals surface area contributed by atoms with Crippen LogP contribution < -0.4 is 11.3 Å². The molecule has 0 bridgehead atoms. The van der Waals surface area contributed by atoms with Crippen LogP contribution in [0.3, 0.4) is 0 Å². The fourth-order valence-corrected chi connectivity index (χ4v) is 1.83. The molecule has 0 unspecified atom stereocenters. The molecule has 18 heavy (non-hydrogen) atoms. The summed E-state index contributed by atoms with van der Waals surface area (Å²) in [5.41, 5.74) is 0.795.